The van der Waals surface area contributed by atoms with Crippen molar-refractivity contribution in [3.63, 3.8) is 0 Å². The number of aliphatic hydroxyl groups is 1. The third kappa shape index (κ3) is 2.55. The molecule has 0 saturated heterocycles. The van der Waals surface area contributed by atoms with Crippen molar-refractivity contribution >= 4 is 0 Å². The zero-order valence-corrected chi connectivity index (χ0v) is 9.06. The van der Waals surface area contributed by atoms with Crippen LogP contribution in [0.3, 0.4) is 0 Å². The molecule has 0 aromatic carbocycles. The molecule has 1 unspecified atom stereocenters. The van der Waals surface area contributed by atoms with Gasteiger partial charge in [-0.05, 0) is 43.9 Å². The van der Waals surface area contributed by atoms with Gasteiger partial charge in [0.1, 0.15) is 0 Å². The molecule has 1 aromatic heterocycles. The van der Waals surface area contributed by atoms with Crippen molar-refractivity contribution in [1.82, 2.24) is 10.3 Å². The van der Waals surface area contributed by atoms with Crippen LogP contribution in [0.2, 0.25) is 0 Å². The fraction of sp³-hybridized carbons (Fsp3) is 0.583. The molecule has 0 spiro atoms. The maximum Gasteiger partial charge on any atom is 0.0693 e. The van der Waals surface area contributed by atoms with Gasteiger partial charge in [0.15, 0.2) is 0 Å². The second-order valence-corrected chi connectivity index (χ2v) is 4.27. The molecule has 3 heteroatoms. The summed E-state index contributed by atoms with van der Waals surface area (Å²) >= 11 is 0. The van der Waals surface area contributed by atoms with Gasteiger partial charge in [0.25, 0.3) is 0 Å². The minimum atomic E-state index is -0.172. The van der Waals surface area contributed by atoms with E-state index in [0.717, 1.165) is 19.3 Å². The third-order valence-corrected chi connectivity index (χ3v) is 3.15. The molecule has 1 heterocycles. The first-order valence-corrected chi connectivity index (χ1v) is 5.61. The molecule has 1 saturated carbocycles. The number of rotatable bonds is 3. The lowest BCUT2D eigenvalue weighted by molar-refractivity contribution is 0.144. The Morgan fingerprint density at radius 2 is 2.13 bits per heavy atom. The average Bonchev–Trinajstić information content (AvgIpc) is 2.66. The number of nitrogens with one attached hydrogen (secondary N) is 1. The normalized spacial score (nSPS) is 27.9. The van der Waals surface area contributed by atoms with Crippen molar-refractivity contribution < 1.29 is 5.11 Å². The zero-order valence-electron chi connectivity index (χ0n) is 9.06. The summed E-state index contributed by atoms with van der Waals surface area (Å²) in [5, 5.41) is 13.2. The van der Waals surface area contributed by atoms with Gasteiger partial charge in [-0.3, -0.25) is 4.98 Å². The summed E-state index contributed by atoms with van der Waals surface area (Å²) in [6.45, 7) is 2.13. The van der Waals surface area contributed by atoms with E-state index in [1.54, 1.807) is 12.4 Å². The van der Waals surface area contributed by atoms with E-state index < -0.39 is 0 Å². The lowest BCUT2D eigenvalue weighted by Gasteiger charge is -2.22. The van der Waals surface area contributed by atoms with Crippen molar-refractivity contribution in [3.8, 4) is 0 Å². The van der Waals surface area contributed by atoms with Gasteiger partial charge >= 0.3 is 0 Å². The monoisotopic (exact) mass is 206 g/mol. The number of pyridine rings is 1. The second-order valence-electron chi connectivity index (χ2n) is 4.27. The van der Waals surface area contributed by atoms with Crippen molar-refractivity contribution in [3.05, 3.63) is 30.1 Å². The van der Waals surface area contributed by atoms with Gasteiger partial charge in [-0.1, -0.05) is 0 Å². The van der Waals surface area contributed by atoms with Crippen LogP contribution < -0.4 is 5.32 Å². The predicted molar refractivity (Wildman–Crippen MR) is 59.4 cm³/mol. The minimum Gasteiger partial charge on any atom is -0.392 e. The molecule has 0 amide bonds. The van der Waals surface area contributed by atoms with E-state index in [9.17, 15) is 5.11 Å². The smallest absolute Gasteiger partial charge is 0.0693 e. The largest absolute Gasteiger partial charge is 0.392 e. The first-order valence-electron chi connectivity index (χ1n) is 5.61. The van der Waals surface area contributed by atoms with Gasteiger partial charge in [-0.25, -0.2) is 0 Å². The van der Waals surface area contributed by atoms with Crippen molar-refractivity contribution in [2.45, 2.75) is 44.4 Å². The molecular formula is C12H18N2O. The molecule has 2 N–H and O–H groups in total. The van der Waals surface area contributed by atoms with Gasteiger partial charge in [0.05, 0.1) is 6.10 Å². The Morgan fingerprint density at radius 3 is 2.73 bits per heavy atom. The van der Waals surface area contributed by atoms with Crippen LogP contribution in [-0.4, -0.2) is 22.2 Å². The van der Waals surface area contributed by atoms with Crippen molar-refractivity contribution in [1.29, 1.82) is 0 Å². The standard InChI is InChI=1S/C12H18N2O/c1-9(10-5-7-13-8-6-10)14-11-3-2-4-12(11)15/h5-9,11-12,14-15H,2-4H2,1H3/t9?,11-,12-/m0/s1. The van der Waals surface area contributed by atoms with Gasteiger partial charge in [-0.2, -0.15) is 0 Å². The molecule has 1 aliphatic carbocycles. The summed E-state index contributed by atoms with van der Waals surface area (Å²) in [6, 6.07) is 4.57. The Kier molecular flexibility index (Phi) is 3.34. The van der Waals surface area contributed by atoms with Crippen LogP contribution in [-0.2, 0) is 0 Å². The van der Waals surface area contributed by atoms with E-state index in [1.807, 2.05) is 12.1 Å². The van der Waals surface area contributed by atoms with E-state index in [-0.39, 0.29) is 18.2 Å². The molecule has 0 radical (unpaired) electrons. The predicted octanol–water partition coefficient (Wildman–Crippen LogP) is 1.65. The molecular weight excluding hydrogens is 188 g/mol. The topological polar surface area (TPSA) is 45.1 Å². The summed E-state index contributed by atoms with van der Waals surface area (Å²) in [6.07, 6.45) is 6.57. The SMILES string of the molecule is CC(N[C@H]1CCC[C@@H]1O)c1ccncc1. The zero-order chi connectivity index (χ0) is 10.7. The van der Waals surface area contributed by atoms with Crippen LogP contribution in [0, 0.1) is 0 Å². The third-order valence-electron chi connectivity index (χ3n) is 3.15. The number of aliphatic hydroxyl groups excluding tert-OH is 1. The summed E-state index contributed by atoms with van der Waals surface area (Å²) < 4.78 is 0. The number of hydrogen-bond donors (Lipinski definition) is 2. The number of hydrogen-bond acceptors (Lipinski definition) is 3. The van der Waals surface area contributed by atoms with E-state index in [1.165, 1.54) is 5.56 Å². The molecule has 1 aliphatic rings. The summed E-state index contributed by atoms with van der Waals surface area (Å²) in [4.78, 5) is 4.00. The molecule has 1 fully saturated rings. The maximum absolute atomic E-state index is 9.71. The summed E-state index contributed by atoms with van der Waals surface area (Å²) in [5.74, 6) is 0. The van der Waals surface area contributed by atoms with Crippen LogP contribution >= 0.6 is 0 Å². The number of aromatic nitrogens is 1. The molecule has 82 valence electrons. The summed E-state index contributed by atoms with van der Waals surface area (Å²) in [7, 11) is 0. The number of nitrogens with zero attached hydrogens (tertiary/aromatic N) is 1. The Morgan fingerprint density at radius 1 is 1.40 bits per heavy atom. The highest BCUT2D eigenvalue weighted by molar-refractivity contribution is 5.14. The molecule has 3 nitrogen and oxygen atoms in total. The Hall–Kier alpha value is -0.930. The Labute approximate surface area is 90.5 Å². The lowest BCUT2D eigenvalue weighted by Crippen LogP contribution is -2.37. The van der Waals surface area contributed by atoms with Crippen LogP contribution in [0.5, 0.6) is 0 Å². The maximum atomic E-state index is 9.71. The van der Waals surface area contributed by atoms with Crippen molar-refractivity contribution in [2.24, 2.45) is 0 Å². The van der Waals surface area contributed by atoms with Crippen LogP contribution in [0.25, 0.3) is 0 Å². The van der Waals surface area contributed by atoms with Gasteiger partial charge < -0.3 is 10.4 Å². The van der Waals surface area contributed by atoms with E-state index in [4.69, 9.17) is 0 Å². The van der Waals surface area contributed by atoms with Gasteiger partial charge in [0.2, 0.25) is 0 Å². The fourth-order valence-electron chi connectivity index (χ4n) is 2.20. The summed E-state index contributed by atoms with van der Waals surface area (Å²) in [5.41, 5.74) is 1.23. The van der Waals surface area contributed by atoms with Gasteiger partial charge in [-0.15, -0.1) is 0 Å². The molecule has 15 heavy (non-hydrogen) atoms. The molecule has 1 aromatic rings. The van der Waals surface area contributed by atoms with Crippen LogP contribution in [0.1, 0.15) is 37.8 Å². The molecule has 3 atom stereocenters. The van der Waals surface area contributed by atoms with E-state index in [0.29, 0.717) is 0 Å². The highest BCUT2D eigenvalue weighted by Crippen LogP contribution is 2.22. The Bertz CT molecular complexity index is 302. The lowest BCUT2D eigenvalue weighted by atomic mass is 10.1. The average molecular weight is 206 g/mol. The molecule has 0 aliphatic heterocycles. The van der Waals surface area contributed by atoms with Crippen LogP contribution in [0.4, 0.5) is 0 Å². The highest BCUT2D eigenvalue weighted by Gasteiger charge is 2.26. The van der Waals surface area contributed by atoms with Crippen LogP contribution in [0.15, 0.2) is 24.5 Å². The quantitative estimate of drug-likeness (QED) is 0.790. The van der Waals surface area contributed by atoms with Crippen molar-refractivity contribution in [2.75, 3.05) is 0 Å². The fourth-order valence-corrected chi connectivity index (χ4v) is 2.20. The van der Waals surface area contributed by atoms with Gasteiger partial charge in [0, 0.05) is 24.5 Å². The first-order chi connectivity index (χ1) is 7.27. The van der Waals surface area contributed by atoms with E-state index in [2.05, 4.69) is 17.2 Å². The molecule has 0 bridgehead atoms. The minimum absolute atomic E-state index is 0.172. The first kappa shape index (κ1) is 10.6. The molecule has 2 rings (SSSR count). The Balaban J connectivity index is 1.95. The second kappa shape index (κ2) is 4.73. The highest BCUT2D eigenvalue weighted by atomic mass is 16.3. The van der Waals surface area contributed by atoms with E-state index >= 15 is 0 Å².